The Hall–Kier alpha value is -0.200. The van der Waals surface area contributed by atoms with Gasteiger partial charge < -0.3 is 4.70 Å². The van der Waals surface area contributed by atoms with Gasteiger partial charge in [0.05, 0.1) is 0 Å². The van der Waals surface area contributed by atoms with Gasteiger partial charge in [-0.2, -0.15) is 8.42 Å². The van der Waals surface area contributed by atoms with Gasteiger partial charge in [-0.15, -0.1) is 0 Å². The molecule has 0 aromatic heterocycles. The molecule has 0 rings (SSSR count). The Morgan fingerprint density at radius 3 is 1.33 bits per heavy atom. The quantitative estimate of drug-likeness (QED) is 0.323. The van der Waals surface area contributed by atoms with E-state index in [-0.39, 0.29) is 6.13 Å². The van der Waals surface area contributed by atoms with E-state index in [1.807, 2.05) is 0 Å². The predicted molar refractivity (Wildman–Crippen MR) is 15.3 cm³/mol. The molecule has 0 heterocycles. The van der Waals surface area contributed by atoms with Crippen LogP contribution in [-0.4, -0.2) is 17.5 Å². The average molecular weight is 118 g/mol. The van der Waals surface area contributed by atoms with E-state index in [1.54, 1.807) is 0 Å². The van der Waals surface area contributed by atoms with E-state index in [1.165, 1.54) is 0 Å². The summed E-state index contributed by atoms with van der Waals surface area (Å²) in [7, 11) is -4.67. The third kappa shape index (κ3) is 745. The van der Waals surface area contributed by atoms with Crippen LogP contribution < -0.4 is 4.70 Å². The van der Waals surface area contributed by atoms with Gasteiger partial charge in [0.15, 0.2) is 0 Å². The van der Waals surface area contributed by atoms with E-state index in [4.69, 9.17) is 17.5 Å². The lowest BCUT2D eigenvalue weighted by Gasteiger charge is -1.68. The lowest BCUT2D eigenvalue weighted by atomic mass is 15.8. The number of hydrogen-bond donors (Lipinski definition) is 2. The minimum absolute atomic E-state index is 0. The van der Waals surface area contributed by atoms with Crippen molar-refractivity contribution in [2.75, 3.05) is 0 Å². The van der Waals surface area contributed by atoms with Crippen LogP contribution in [0.1, 0.15) is 1.43 Å². The van der Waals surface area contributed by atoms with Gasteiger partial charge in [-0.3, -0.25) is 9.11 Å². The molecule has 0 amide bonds. The fraction of sp³-hybridized carbons (Fsp3) is 0. The zero-order valence-corrected chi connectivity index (χ0v) is 3.31. The van der Waals surface area contributed by atoms with Crippen LogP contribution in [0.2, 0.25) is 0 Å². The molecular weight excluding hydrogens is 115 g/mol. The van der Waals surface area contributed by atoms with Crippen molar-refractivity contribution in [1.82, 2.24) is 0 Å². The summed E-state index contributed by atoms with van der Waals surface area (Å²) in [5.41, 5.74) is 0. The molecule has 0 aliphatic carbocycles. The van der Waals surface area contributed by atoms with Crippen LogP contribution in [0.4, 0.5) is 0 Å². The molecule has 0 fully saturated rings. The number of halogens is 1. The van der Waals surface area contributed by atoms with Gasteiger partial charge in [-0.05, 0) is 0 Å². The SMILES string of the molecule is O=S(=O)(O)O.[F-].[H+]. The molecule has 0 aromatic rings. The molecule has 0 unspecified atom stereocenters. The topological polar surface area (TPSA) is 74.6 Å². The van der Waals surface area contributed by atoms with Crippen LogP contribution in [0.25, 0.3) is 0 Å². The van der Waals surface area contributed by atoms with Crippen molar-refractivity contribution in [2.45, 2.75) is 0 Å². The van der Waals surface area contributed by atoms with Crippen LogP contribution in [-0.2, 0) is 10.4 Å². The van der Waals surface area contributed by atoms with Crippen molar-refractivity contribution >= 4 is 10.4 Å². The summed E-state index contributed by atoms with van der Waals surface area (Å²) in [5.74, 6) is 0. The summed E-state index contributed by atoms with van der Waals surface area (Å²) in [6.45, 7) is 0. The van der Waals surface area contributed by atoms with Gasteiger partial charge in [-0.25, -0.2) is 0 Å². The molecule has 40 valence electrons. The smallest absolute Gasteiger partial charge is 1.00 e. The molecule has 0 spiro atoms. The molecule has 0 bridgehead atoms. The molecule has 0 radical (unpaired) electrons. The normalized spacial score (nSPS) is 9.67. The molecule has 4 nitrogen and oxygen atoms in total. The molecule has 0 atom stereocenters. The Bertz CT molecular complexity index is 94.9. The van der Waals surface area contributed by atoms with Gasteiger partial charge in [0, 0.05) is 0 Å². The summed E-state index contributed by atoms with van der Waals surface area (Å²) in [5, 5.41) is 0. The van der Waals surface area contributed by atoms with E-state index in [0.717, 1.165) is 0 Å². The zero-order valence-electron chi connectivity index (χ0n) is 3.50. The maximum atomic E-state index is 8.74. The van der Waals surface area contributed by atoms with E-state index < -0.39 is 10.4 Å². The monoisotopic (exact) mass is 118 g/mol. The van der Waals surface area contributed by atoms with Crippen molar-refractivity contribution in [3.63, 3.8) is 0 Å². The average Bonchev–Trinajstić information content (AvgIpc) is 0.722. The summed E-state index contributed by atoms with van der Waals surface area (Å²) in [6.07, 6.45) is 0. The van der Waals surface area contributed by atoms with E-state index in [0.29, 0.717) is 0 Å². The summed E-state index contributed by atoms with van der Waals surface area (Å²) in [6, 6.07) is 0. The second-order valence-corrected chi connectivity index (χ2v) is 1.34. The summed E-state index contributed by atoms with van der Waals surface area (Å²) < 4.78 is 31.6. The highest BCUT2D eigenvalue weighted by molar-refractivity contribution is 7.79. The lowest BCUT2D eigenvalue weighted by Crippen LogP contribution is -3.00. The van der Waals surface area contributed by atoms with E-state index in [2.05, 4.69) is 0 Å². The molecule has 6 heteroatoms. The Kier molecular flexibility index (Phi) is 3.18. The van der Waals surface area contributed by atoms with Crippen LogP contribution >= 0.6 is 0 Å². The minimum atomic E-state index is -4.67. The first-order valence-electron chi connectivity index (χ1n) is 0.698. The van der Waals surface area contributed by atoms with Crippen molar-refractivity contribution in [3.8, 4) is 0 Å². The van der Waals surface area contributed by atoms with Gasteiger partial charge in [-0.1, -0.05) is 0 Å². The van der Waals surface area contributed by atoms with Gasteiger partial charge in [0.1, 0.15) is 0 Å². The highest BCUT2D eigenvalue weighted by Gasteiger charge is 1.84. The summed E-state index contributed by atoms with van der Waals surface area (Å²) in [4.78, 5) is 0. The third-order valence-electron chi connectivity index (χ3n) is 0. The van der Waals surface area contributed by atoms with Crippen molar-refractivity contribution in [2.24, 2.45) is 0 Å². The maximum Gasteiger partial charge on any atom is 1.00 e. The van der Waals surface area contributed by atoms with E-state index in [9.17, 15) is 0 Å². The Labute approximate surface area is 35.2 Å². The van der Waals surface area contributed by atoms with Crippen molar-refractivity contribution in [1.29, 1.82) is 0 Å². The van der Waals surface area contributed by atoms with Gasteiger partial charge >= 0.3 is 11.8 Å². The third-order valence-corrected chi connectivity index (χ3v) is 0. The highest BCUT2D eigenvalue weighted by atomic mass is 32.3. The first kappa shape index (κ1) is 9.25. The van der Waals surface area contributed by atoms with Crippen molar-refractivity contribution < 1.29 is 23.7 Å². The van der Waals surface area contributed by atoms with E-state index >= 15 is 0 Å². The second kappa shape index (κ2) is 2.06. The minimum Gasteiger partial charge on any atom is -1.00 e. The standard InChI is InChI=1S/FH.H2O4S/c;1-5(2,3)4/h1H;(H2,1,2,3,4). The molecule has 2 N–H and O–H groups in total. The van der Waals surface area contributed by atoms with Crippen LogP contribution in [0.3, 0.4) is 0 Å². The van der Waals surface area contributed by atoms with Crippen LogP contribution in [0.5, 0.6) is 0 Å². The first-order chi connectivity index (χ1) is 2.00. The number of hydrogen-bond acceptors (Lipinski definition) is 2. The molecule has 0 aliphatic heterocycles. The Morgan fingerprint density at radius 2 is 1.33 bits per heavy atom. The molecule has 6 heavy (non-hydrogen) atoms. The fourth-order valence-corrected chi connectivity index (χ4v) is 0. The van der Waals surface area contributed by atoms with Crippen LogP contribution in [0, 0.1) is 0 Å². The zero-order chi connectivity index (χ0) is 4.50. The highest BCUT2D eigenvalue weighted by Crippen LogP contribution is 1.59. The summed E-state index contributed by atoms with van der Waals surface area (Å²) >= 11 is 0. The lowest BCUT2D eigenvalue weighted by molar-refractivity contribution is -0.00000783. The molecule has 0 aliphatic rings. The van der Waals surface area contributed by atoms with Crippen LogP contribution in [0.15, 0.2) is 0 Å². The Morgan fingerprint density at radius 1 is 1.33 bits per heavy atom. The first-order valence-corrected chi connectivity index (χ1v) is 2.10. The molecule has 0 saturated heterocycles. The second-order valence-electron chi connectivity index (χ2n) is 0.448. The maximum absolute atomic E-state index is 8.74. The Balaban J connectivity index is -0.0000000800. The predicted octanol–water partition coefficient (Wildman–Crippen LogP) is -3.54. The molecular formula is H3FO4S. The molecule has 0 saturated carbocycles. The fourth-order valence-electron chi connectivity index (χ4n) is 0. The number of rotatable bonds is 0. The largest absolute Gasteiger partial charge is 1.00 e. The van der Waals surface area contributed by atoms with Crippen molar-refractivity contribution in [3.05, 3.63) is 0 Å². The van der Waals surface area contributed by atoms with Gasteiger partial charge in [0.2, 0.25) is 0 Å². The van der Waals surface area contributed by atoms with Gasteiger partial charge in [0.25, 0.3) is 0 Å². The molecule has 0 aromatic carbocycles.